The third kappa shape index (κ3) is 4.65. The van der Waals surface area contributed by atoms with Crippen LogP contribution in [0.3, 0.4) is 0 Å². The molecule has 1 aromatic heterocycles. The first-order valence-corrected chi connectivity index (χ1v) is 9.42. The molecule has 0 spiro atoms. The minimum atomic E-state index is -0.367. The zero-order valence-corrected chi connectivity index (χ0v) is 16.6. The maximum atomic E-state index is 11.4. The molecule has 0 saturated carbocycles. The number of aryl methyl sites for hydroxylation is 1. The number of carbonyl (C=O) groups is 1. The highest BCUT2D eigenvalue weighted by Gasteiger charge is 2.10. The fourth-order valence-corrected chi connectivity index (χ4v) is 3.49. The van der Waals surface area contributed by atoms with Gasteiger partial charge in [-0.1, -0.05) is 29.5 Å². The van der Waals surface area contributed by atoms with Crippen molar-refractivity contribution in [3.63, 3.8) is 0 Å². The smallest absolute Gasteiger partial charge is 0.337 e. The normalized spacial score (nSPS) is 11.0. The highest BCUT2D eigenvalue weighted by atomic mass is 79.9. The van der Waals surface area contributed by atoms with Crippen molar-refractivity contribution in [3.05, 3.63) is 76.0 Å². The number of carbonyl (C=O) groups excluding carboxylic acids is 1. The van der Waals surface area contributed by atoms with Gasteiger partial charge < -0.3 is 9.15 Å². The van der Waals surface area contributed by atoms with Crippen LogP contribution in [0.5, 0.6) is 0 Å². The van der Waals surface area contributed by atoms with Crippen LogP contribution in [0.15, 0.2) is 78.5 Å². The molecule has 0 N–H and O–H groups in total. The van der Waals surface area contributed by atoms with E-state index in [0.29, 0.717) is 11.3 Å². The molecule has 0 aliphatic heterocycles. The minimum absolute atomic E-state index is 0.367. The Labute approximate surface area is 164 Å². The van der Waals surface area contributed by atoms with Gasteiger partial charge in [-0.2, -0.15) is 0 Å². The molecule has 0 aliphatic rings. The molecule has 4 nitrogen and oxygen atoms in total. The number of esters is 1. The van der Waals surface area contributed by atoms with Crippen molar-refractivity contribution in [1.29, 1.82) is 0 Å². The first-order chi connectivity index (χ1) is 12.5. The number of ether oxygens (including phenoxy) is 1. The molecular weight excluding hydrogens is 414 g/mol. The number of halogens is 1. The monoisotopic (exact) mass is 429 g/mol. The molecule has 0 fully saturated rings. The van der Waals surface area contributed by atoms with Crippen molar-refractivity contribution in [2.24, 2.45) is 4.99 Å². The molecule has 2 aromatic carbocycles. The highest BCUT2D eigenvalue weighted by molar-refractivity contribution is 9.10. The van der Waals surface area contributed by atoms with E-state index in [-0.39, 0.29) is 5.97 Å². The molecule has 3 aromatic rings. The van der Waals surface area contributed by atoms with Crippen LogP contribution in [0.25, 0.3) is 0 Å². The van der Waals surface area contributed by atoms with Crippen LogP contribution in [-0.2, 0) is 4.74 Å². The third-order valence-electron chi connectivity index (χ3n) is 3.54. The Morgan fingerprint density at radius 3 is 2.50 bits per heavy atom. The van der Waals surface area contributed by atoms with Crippen molar-refractivity contribution < 1.29 is 13.9 Å². The van der Waals surface area contributed by atoms with Gasteiger partial charge in [0.15, 0.2) is 5.09 Å². The number of aliphatic imine (C=N–C) groups is 1. The Morgan fingerprint density at radius 1 is 1.15 bits per heavy atom. The fraction of sp³-hybridized carbons (Fsp3) is 0.100. The van der Waals surface area contributed by atoms with E-state index in [0.717, 1.165) is 20.1 Å². The first kappa shape index (κ1) is 18.5. The summed E-state index contributed by atoms with van der Waals surface area (Å²) in [6.07, 6.45) is 1.65. The molecule has 132 valence electrons. The van der Waals surface area contributed by atoms with Gasteiger partial charge in [-0.15, -0.1) is 0 Å². The van der Waals surface area contributed by atoms with E-state index in [4.69, 9.17) is 4.42 Å². The van der Waals surface area contributed by atoms with E-state index in [1.165, 1.54) is 12.7 Å². The Balaban J connectivity index is 1.71. The van der Waals surface area contributed by atoms with Crippen LogP contribution in [0.4, 0.5) is 5.69 Å². The maximum absolute atomic E-state index is 11.4. The number of methoxy groups -OCH3 is 1. The van der Waals surface area contributed by atoms with Gasteiger partial charge >= 0.3 is 5.97 Å². The minimum Gasteiger partial charge on any atom is -0.465 e. The van der Waals surface area contributed by atoms with E-state index in [1.807, 2.05) is 6.07 Å². The van der Waals surface area contributed by atoms with Crippen LogP contribution in [0.2, 0.25) is 0 Å². The number of rotatable bonds is 5. The standard InChI is InChI=1S/C20H16BrNO3S/c1-13-3-9-17(10-4-13)26-20-18(21)11-16(25-20)12-22-15-7-5-14(6-8-15)19(23)24-2/h3-12H,1-2H3. The number of furan rings is 1. The van der Waals surface area contributed by atoms with Crippen LogP contribution in [0.1, 0.15) is 21.7 Å². The van der Waals surface area contributed by atoms with E-state index < -0.39 is 0 Å². The molecule has 0 amide bonds. The van der Waals surface area contributed by atoms with E-state index >= 15 is 0 Å². The molecule has 6 heteroatoms. The summed E-state index contributed by atoms with van der Waals surface area (Å²) < 4.78 is 11.4. The van der Waals surface area contributed by atoms with Crippen molar-refractivity contribution in [2.45, 2.75) is 16.9 Å². The topological polar surface area (TPSA) is 51.8 Å². The van der Waals surface area contributed by atoms with Gasteiger partial charge in [0.1, 0.15) is 5.76 Å². The lowest BCUT2D eigenvalue weighted by Crippen LogP contribution is -1.99. The molecule has 0 radical (unpaired) electrons. The Hall–Kier alpha value is -2.31. The lowest BCUT2D eigenvalue weighted by atomic mass is 10.2. The SMILES string of the molecule is COC(=O)c1ccc(N=Cc2cc(Br)c(Sc3ccc(C)cc3)o2)cc1. The summed E-state index contributed by atoms with van der Waals surface area (Å²) in [5.41, 5.74) is 2.43. The van der Waals surface area contributed by atoms with Crippen molar-refractivity contribution >= 4 is 45.6 Å². The third-order valence-corrected chi connectivity index (χ3v) is 5.38. The zero-order valence-electron chi connectivity index (χ0n) is 14.2. The molecule has 0 atom stereocenters. The van der Waals surface area contributed by atoms with E-state index in [1.54, 1.807) is 42.2 Å². The molecule has 26 heavy (non-hydrogen) atoms. The molecule has 0 saturated heterocycles. The van der Waals surface area contributed by atoms with Crippen molar-refractivity contribution in [3.8, 4) is 0 Å². The van der Waals surface area contributed by atoms with Crippen molar-refractivity contribution in [1.82, 2.24) is 0 Å². The van der Waals surface area contributed by atoms with Gasteiger partial charge in [0.05, 0.1) is 29.0 Å². The zero-order chi connectivity index (χ0) is 18.5. The number of benzene rings is 2. The van der Waals surface area contributed by atoms with Crippen LogP contribution < -0.4 is 0 Å². The van der Waals surface area contributed by atoms with Crippen LogP contribution >= 0.6 is 27.7 Å². The highest BCUT2D eigenvalue weighted by Crippen LogP contribution is 2.35. The lowest BCUT2D eigenvalue weighted by Gasteiger charge is -1.99. The maximum Gasteiger partial charge on any atom is 0.337 e. The summed E-state index contributed by atoms with van der Waals surface area (Å²) in [6, 6.07) is 17.0. The summed E-state index contributed by atoms with van der Waals surface area (Å²) >= 11 is 5.07. The molecule has 0 aliphatic carbocycles. The number of hydrogen-bond acceptors (Lipinski definition) is 5. The second-order valence-electron chi connectivity index (χ2n) is 5.50. The average Bonchev–Trinajstić information content (AvgIpc) is 3.01. The fourth-order valence-electron chi connectivity index (χ4n) is 2.16. The molecule has 0 unspecified atom stereocenters. The summed E-state index contributed by atoms with van der Waals surface area (Å²) in [7, 11) is 1.36. The van der Waals surface area contributed by atoms with Gasteiger partial charge in [-0.3, -0.25) is 4.99 Å². The lowest BCUT2D eigenvalue weighted by molar-refractivity contribution is 0.0601. The second kappa shape index (κ2) is 8.38. The van der Waals surface area contributed by atoms with Crippen molar-refractivity contribution in [2.75, 3.05) is 7.11 Å². The summed E-state index contributed by atoms with van der Waals surface area (Å²) in [4.78, 5) is 16.9. The average molecular weight is 430 g/mol. The van der Waals surface area contributed by atoms with E-state index in [2.05, 4.69) is 56.8 Å². The number of nitrogens with zero attached hydrogens (tertiary/aromatic N) is 1. The predicted octanol–water partition coefficient (Wildman–Crippen LogP) is 6.04. The quantitative estimate of drug-likeness (QED) is 0.366. The second-order valence-corrected chi connectivity index (χ2v) is 7.40. The Morgan fingerprint density at radius 2 is 1.85 bits per heavy atom. The van der Waals surface area contributed by atoms with E-state index in [9.17, 15) is 4.79 Å². The van der Waals surface area contributed by atoms with Gasteiger partial charge in [-0.05, 0) is 59.3 Å². The molecule has 0 bridgehead atoms. The Bertz CT molecular complexity index is 931. The predicted molar refractivity (Wildman–Crippen MR) is 107 cm³/mol. The Kier molecular flexibility index (Phi) is 5.96. The summed E-state index contributed by atoms with van der Waals surface area (Å²) in [5, 5.41) is 0.774. The van der Waals surface area contributed by atoms with Gasteiger partial charge in [-0.25, -0.2) is 4.79 Å². The molecule has 3 rings (SSSR count). The molecule has 1 heterocycles. The van der Waals surface area contributed by atoms with Crippen LogP contribution in [-0.4, -0.2) is 19.3 Å². The summed E-state index contributed by atoms with van der Waals surface area (Å²) in [5.74, 6) is 0.275. The largest absolute Gasteiger partial charge is 0.465 e. The van der Waals surface area contributed by atoms with Gasteiger partial charge in [0, 0.05) is 11.0 Å². The molecular formula is C20H16BrNO3S. The van der Waals surface area contributed by atoms with Crippen LogP contribution in [0, 0.1) is 6.92 Å². The van der Waals surface area contributed by atoms with Gasteiger partial charge in [0.2, 0.25) is 0 Å². The number of hydrogen-bond donors (Lipinski definition) is 0. The van der Waals surface area contributed by atoms with Gasteiger partial charge in [0.25, 0.3) is 0 Å². The summed E-state index contributed by atoms with van der Waals surface area (Å²) in [6.45, 7) is 2.06. The first-order valence-electron chi connectivity index (χ1n) is 7.81.